The highest BCUT2D eigenvalue weighted by Gasteiger charge is 2.37. The average Bonchev–Trinajstić information content (AvgIpc) is 2.89. The third-order valence-corrected chi connectivity index (χ3v) is 4.23. The lowest BCUT2D eigenvalue weighted by Gasteiger charge is -2.31. The Kier molecular flexibility index (Phi) is 3.03. The molecule has 2 aromatic carbocycles. The fourth-order valence-electron chi connectivity index (χ4n) is 3.20. The zero-order chi connectivity index (χ0) is 15.1. The maximum atomic E-state index is 12.9. The van der Waals surface area contributed by atoms with E-state index >= 15 is 0 Å². The van der Waals surface area contributed by atoms with Gasteiger partial charge in [0.05, 0.1) is 0 Å². The molecule has 4 heteroatoms. The van der Waals surface area contributed by atoms with Gasteiger partial charge in [-0.3, -0.25) is 4.79 Å². The van der Waals surface area contributed by atoms with Gasteiger partial charge in [0, 0.05) is 11.7 Å². The largest absolute Gasteiger partial charge is 0.485 e. The number of fused-ring (bicyclic) bond motifs is 2. The van der Waals surface area contributed by atoms with Gasteiger partial charge in [-0.2, -0.15) is 0 Å². The number of rotatable bonds is 1. The van der Waals surface area contributed by atoms with Crippen molar-refractivity contribution in [3.63, 3.8) is 0 Å². The van der Waals surface area contributed by atoms with Gasteiger partial charge < -0.3 is 14.4 Å². The molecule has 0 radical (unpaired) electrons. The van der Waals surface area contributed by atoms with E-state index in [4.69, 9.17) is 9.47 Å². The molecule has 2 aromatic rings. The number of para-hydroxylation sites is 3. The quantitative estimate of drug-likeness (QED) is 0.812. The van der Waals surface area contributed by atoms with Gasteiger partial charge in [0.1, 0.15) is 6.61 Å². The minimum absolute atomic E-state index is 0.0352. The molecular formula is C18H17NO3. The van der Waals surface area contributed by atoms with Crippen molar-refractivity contribution in [1.82, 2.24) is 0 Å². The van der Waals surface area contributed by atoms with Gasteiger partial charge >= 0.3 is 0 Å². The highest BCUT2D eigenvalue weighted by molar-refractivity contribution is 5.99. The second-order valence-electron chi connectivity index (χ2n) is 5.75. The summed E-state index contributed by atoms with van der Waals surface area (Å²) in [6.45, 7) is 2.32. The van der Waals surface area contributed by atoms with Gasteiger partial charge in [-0.25, -0.2) is 0 Å². The minimum atomic E-state index is -0.594. The molecule has 0 saturated heterocycles. The van der Waals surface area contributed by atoms with Crippen LogP contribution in [0.1, 0.15) is 12.5 Å². The van der Waals surface area contributed by atoms with E-state index < -0.39 is 6.10 Å². The van der Waals surface area contributed by atoms with Crippen LogP contribution in [-0.2, 0) is 11.2 Å². The maximum Gasteiger partial charge on any atom is 0.271 e. The molecule has 1 amide bonds. The Labute approximate surface area is 129 Å². The number of benzene rings is 2. The van der Waals surface area contributed by atoms with E-state index in [1.165, 1.54) is 5.56 Å². The summed E-state index contributed by atoms with van der Waals surface area (Å²) >= 11 is 0. The highest BCUT2D eigenvalue weighted by Crippen LogP contribution is 2.35. The summed E-state index contributed by atoms with van der Waals surface area (Å²) in [6.07, 6.45) is 0.287. The lowest BCUT2D eigenvalue weighted by molar-refractivity contribution is -0.127. The molecule has 0 bridgehead atoms. The van der Waals surface area contributed by atoms with Crippen LogP contribution in [0.25, 0.3) is 0 Å². The van der Waals surface area contributed by atoms with Crippen molar-refractivity contribution in [1.29, 1.82) is 0 Å². The monoisotopic (exact) mass is 295 g/mol. The molecule has 0 saturated carbocycles. The van der Waals surface area contributed by atoms with Crippen molar-refractivity contribution in [3.8, 4) is 11.5 Å². The Hall–Kier alpha value is -2.49. The summed E-state index contributed by atoms with van der Waals surface area (Å²) in [6, 6.07) is 15.6. The van der Waals surface area contributed by atoms with Crippen LogP contribution >= 0.6 is 0 Å². The fraction of sp³-hybridized carbons (Fsp3) is 0.278. The molecule has 0 unspecified atom stereocenters. The zero-order valence-corrected chi connectivity index (χ0v) is 12.4. The molecule has 22 heavy (non-hydrogen) atoms. The number of carbonyl (C=O) groups is 1. The second kappa shape index (κ2) is 5.05. The lowest BCUT2D eigenvalue weighted by Crippen LogP contribution is -2.48. The minimum Gasteiger partial charge on any atom is -0.485 e. The van der Waals surface area contributed by atoms with Gasteiger partial charge in [0.25, 0.3) is 5.91 Å². The number of hydrogen-bond donors (Lipinski definition) is 0. The number of amides is 1. The molecule has 2 aliphatic heterocycles. The van der Waals surface area contributed by atoms with Crippen LogP contribution < -0.4 is 14.4 Å². The molecular weight excluding hydrogens is 278 g/mol. The van der Waals surface area contributed by atoms with E-state index in [-0.39, 0.29) is 18.6 Å². The standard InChI is InChI=1S/C18H17NO3/c1-12-10-13-6-2-3-7-14(13)19(12)18(20)17-11-21-15-8-4-5-9-16(15)22-17/h2-9,12,17H,10-11H2,1H3/t12-,17+/m1/s1. The number of ether oxygens (including phenoxy) is 2. The molecule has 112 valence electrons. The van der Waals surface area contributed by atoms with Gasteiger partial charge in [-0.15, -0.1) is 0 Å². The number of hydrogen-bond acceptors (Lipinski definition) is 3. The first-order valence-electron chi connectivity index (χ1n) is 7.53. The highest BCUT2D eigenvalue weighted by atomic mass is 16.6. The van der Waals surface area contributed by atoms with E-state index in [0.29, 0.717) is 11.5 Å². The summed E-state index contributed by atoms with van der Waals surface area (Å²) < 4.78 is 11.5. The van der Waals surface area contributed by atoms with E-state index in [2.05, 4.69) is 13.0 Å². The van der Waals surface area contributed by atoms with Crippen LogP contribution in [0, 0.1) is 0 Å². The topological polar surface area (TPSA) is 38.8 Å². The zero-order valence-electron chi connectivity index (χ0n) is 12.4. The number of anilines is 1. The first kappa shape index (κ1) is 13.2. The summed E-state index contributed by atoms with van der Waals surface area (Å²) in [4.78, 5) is 14.7. The van der Waals surface area contributed by atoms with E-state index in [9.17, 15) is 4.79 Å². The Morgan fingerprint density at radius 2 is 1.82 bits per heavy atom. The molecule has 0 aromatic heterocycles. The predicted octanol–water partition coefficient (Wildman–Crippen LogP) is 2.80. The van der Waals surface area contributed by atoms with Crippen LogP contribution in [0.2, 0.25) is 0 Å². The van der Waals surface area contributed by atoms with Gasteiger partial charge in [0.2, 0.25) is 6.10 Å². The second-order valence-corrected chi connectivity index (χ2v) is 5.75. The van der Waals surface area contributed by atoms with Crippen molar-refractivity contribution in [2.45, 2.75) is 25.5 Å². The predicted molar refractivity (Wildman–Crippen MR) is 83.4 cm³/mol. The van der Waals surface area contributed by atoms with Crippen LogP contribution in [0.5, 0.6) is 11.5 Å². The molecule has 2 heterocycles. The maximum absolute atomic E-state index is 12.9. The lowest BCUT2D eigenvalue weighted by atomic mass is 10.1. The normalized spacial score (nSPS) is 22.3. The molecule has 2 atom stereocenters. The third-order valence-electron chi connectivity index (χ3n) is 4.23. The average molecular weight is 295 g/mol. The van der Waals surface area contributed by atoms with Gasteiger partial charge in [0.15, 0.2) is 11.5 Å². The van der Waals surface area contributed by atoms with Gasteiger partial charge in [-0.1, -0.05) is 30.3 Å². The van der Waals surface area contributed by atoms with E-state index in [0.717, 1.165) is 12.1 Å². The Balaban J connectivity index is 1.61. The molecule has 4 nitrogen and oxygen atoms in total. The van der Waals surface area contributed by atoms with Gasteiger partial charge in [-0.05, 0) is 37.1 Å². The first-order valence-corrected chi connectivity index (χ1v) is 7.53. The molecule has 2 aliphatic rings. The van der Waals surface area contributed by atoms with Crippen molar-refractivity contribution in [2.75, 3.05) is 11.5 Å². The van der Waals surface area contributed by atoms with Crippen molar-refractivity contribution in [3.05, 3.63) is 54.1 Å². The summed E-state index contributed by atoms with van der Waals surface area (Å²) in [7, 11) is 0. The first-order chi connectivity index (χ1) is 10.7. The number of nitrogens with zero attached hydrogens (tertiary/aromatic N) is 1. The van der Waals surface area contributed by atoms with E-state index in [1.807, 2.05) is 47.4 Å². The molecule has 0 fully saturated rings. The number of carbonyl (C=O) groups excluding carboxylic acids is 1. The van der Waals surface area contributed by atoms with Crippen molar-refractivity contribution in [2.24, 2.45) is 0 Å². The fourth-order valence-corrected chi connectivity index (χ4v) is 3.20. The molecule has 0 aliphatic carbocycles. The molecule has 4 rings (SSSR count). The van der Waals surface area contributed by atoms with Crippen LogP contribution in [0.4, 0.5) is 5.69 Å². The smallest absolute Gasteiger partial charge is 0.271 e. The van der Waals surface area contributed by atoms with Crippen LogP contribution in [0.15, 0.2) is 48.5 Å². The molecule has 0 N–H and O–H groups in total. The third kappa shape index (κ3) is 2.03. The Bertz CT molecular complexity index is 728. The summed E-state index contributed by atoms with van der Waals surface area (Å²) in [5, 5.41) is 0. The summed E-state index contributed by atoms with van der Waals surface area (Å²) in [5.74, 6) is 1.29. The Morgan fingerprint density at radius 3 is 2.68 bits per heavy atom. The summed E-state index contributed by atoms with van der Waals surface area (Å²) in [5.41, 5.74) is 2.20. The Morgan fingerprint density at radius 1 is 1.09 bits per heavy atom. The van der Waals surface area contributed by atoms with Crippen molar-refractivity contribution >= 4 is 11.6 Å². The van der Waals surface area contributed by atoms with Crippen LogP contribution in [0.3, 0.4) is 0 Å². The van der Waals surface area contributed by atoms with Crippen LogP contribution in [-0.4, -0.2) is 24.7 Å². The van der Waals surface area contributed by atoms with Crippen molar-refractivity contribution < 1.29 is 14.3 Å². The molecule has 0 spiro atoms. The van der Waals surface area contributed by atoms with E-state index in [1.54, 1.807) is 0 Å². The SMILES string of the molecule is C[C@@H]1Cc2ccccc2N1C(=O)[C@@H]1COc2ccccc2O1.